The van der Waals surface area contributed by atoms with Gasteiger partial charge in [-0.15, -0.1) is 10.2 Å². The van der Waals surface area contributed by atoms with E-state index in [0.29, 0.717) is 18.0 Å². The molecule has 1 aliphatic heterocycles. The van der Waals surface area contributed by atoms with Gasteiger partial charge in [-0.1, -0.05) is 19.3 Å². The molecule has 1 aliphatic carbocycles. The summed E-state index contributed by atoms with van der Waals surface area (Å²) in [5.74, 6) is 2.23. The van der Waals surface area contributed by atoms with Crippen LogP contribution in [0.2, 0.25) is 0 Å². The van der Waals surface area contributed by atoms with Crippen LogP contribution in [0.5, 0.6) is 0 Å². The minimum atomic E-state index is -0.0744. The third-order valence-electron chi connectivity index (χ3n) is 5.02. The van der Waals surface area contributed by atoms with Crippen molar-refractivity contribution in [1.82, 2.24) is 30.3 Å². The highest BCUT2D eigenvalue weighted by molar-refractivity contribution is 5.95. The molecule has 1 amide bonds. The first kappa shape index (κ1) is 14.4. The van der Waals surface area contributed by atoms with Gasteiger partial charge in [0.25, 0.3) is 5.91 Å². The van der Waals surface area contributed by atoms with Crippen LogP contribution >= 0.6 is 0 Å². The number of carbonyl (C=O) groups excluding carboxylic acids is 1. The molecule has 0 atom stereocenters. The number of hydrogen-bond acceptors (Lipinski definition) is 4. The van der Waals surface area contributed by atoms with E-state index in [1.807, 2.05) is 0 Å². The number of carbonyl (C=O) groups is 1. The summed E-state index contributed by atoms with van der Waals surface area (Å²) in [6.07, 6.45) is 9.78. The van der Waals surface area contributed by atoms with Crippen LogP contribution < -0.4 is 5.32 Å². The standard InChI is InChI=1S/C16H22N6O/c23-16(17-10-14-20-19-13-7-4-8-22(13)14)12-9-18-21-15(12)11-5-2-1-3-6-11/h9,11H,1-8,10H2,(H,17,23)(H,18,21). The molecule has 7 heteroatoms. The van der Waals surface area contributed by atoms with Crippen LogP contribution in [0.15, 0.2) is 6.20 Å². The second-order valence-electron chi connectivity index (χ2n) is 6.50. The van der Waals surface area contributed by atoms with Crippen LogP contribution in [0.4, 0.5) is 0 Å². The van der Waals surface area contributed by atoms with Crippen LogP contribution in [0.3, 0.4) is 0 Å². The van der Waals surface area contributed by atoms with E-state index in [1.54, 1.807) is 6.20 Å². The second-order valence-corrected chi connectivity index (χ2v) is 6.50. The van der Waals surface area contributed by atoms with E-state index in [2.05, 4.69) is 30.3 Å². The van der Waals surface area contributed by atoms with Crippen molar-refractivity contribution in [3.8, 4) is 0 Å². The predicted octanol–water partition coefficient (Wildman–Crippen LogP) is 1.93. The Hall–Kier alpha value is -2.18. The van der Waals surface area contributed by atoms with E-state index in [0.717, 1.165) is 49.6 Å². The van der Waals surface area contributed by atoms with E-state index in [4.69, 9.17) is 0 Å². The Kier molecular flexibility index (Phi) is 3.85. The maximum atomic E-state index is 12.5. The fraction of sp³-hybridized carbons (Fsp3) is 0.625. The Balaban J connectivity index is 1.44. The van der Waals surface area contributed by atoms with Gasteiger partial charge in [-0.2, -0.15) is 5.10 Å². The number of rotatable bonds is 4. The van der Waals surface area contributed by atoms with Gasteiger partial charge >= 0.3 is 0 Å². The minimum absolute atomic E-state index is 0.0744. The van der Waals surface area contributed by atoms with Crippen LogP contribution in [0, 0.1) is 0 Å². The molecule has 0 unspecified atom stereocenters. The molecule has 1 fully saturated rings. The number of H-pyrrole nitrogens is 1. The number of fused-ring (bicyclic) bond motifs is 1. The van der Waals surface area contributed by atoms with E-state index >= 15 is 0 Å². The number of nitrogens with one attached hydrogen (secondary N) is 2. The summed E-state index contributed by atoms with van der Waals surface area (Å²) in [5.41, 5.74) is 1.67. The van der Waals surface area contributed by atoms with Crippen LogP contribution in [0.25, 0.3) is 0 Å². The average molecular weight is 314 g/mol. The smallest absolute Gasteiger partial charge is 0.255 e. The molecule has 122 valence electrons. The predicted molar refractivity (Wildman–Crippen MR) is 83.9 cm³/mol. The number of nitrogens with zero attached hydrogens (tertiary/aromatic N) is 4. The summed E-state index contributed by atoms with van der Waals surface area (Å²) in [7, 11) is 0. The number of aromatic nitrogens is 5. The summed E-state index contributed by atoms with van der Waals surface area (Å²) in [4.78, 5) is 12.5. The SMILES string of the molecule is O=C(NCc1nnc2n1CCC2)c1cn[nH]c1C1CCCCC1. The van der Waals surface area contributed by atoms with Crippen LogP contribution in [-0.2, 0) is 19.5 Å². The summed E-state index contributed by atoms with van der Waals surface area (Å²) in [6.45, 7) is 1.37. The van der Waals surface area contributed by atoms with Crippen molar-refractivity contribution in [1.29, 1.82) is 0 Å². The van der Waals surface area contributed by atoms with Crippen molar-refractivity contribution in [3.63, 3.8) is 0 Å². The number of aryl methyl sites for hydroxylation is 1. The maximum absolute atomic E-state index is 12.5. The minimum Gasteiger partial charge on any atom is -0.345 e. The highest BCUT2D eigenvalue weighted by Crippen LogP contribution is 2.33. The van der Waals surface area contributed by atoms with Crippen LogP contribution in [-0.4, -0.2) is 30.9 Å². The molecular formula is C16H22N6O. The highest BCUT2D eigenvalue weighted by atomic mass is 16.1. The van der Waals surface area contributed by atoms with Gasteiger partial charge in [0.15, 0.2) is 5.82 Å². The molecule has 3 heterocycles. The molecule has 0 radical (unpaired) electrons. The molecule has 2 aromatic heterocycles. The Morgan fingerprint density at radius 3 is 3.00 bits per heavy atom. The zero-order valence-corrected chi connectivity index (χ0v) is 13.2. The number of hydrogen-bond donors (Lipinski definition) is 2. The summed E-state index contributed by atoms with van der Waals surface area (Å²) in [6, 6.07) is 0. The monoisotopic (exact) mass is 314 g/mol. The largest absolute Gasteiger partial charge is 0.345 e. The lowest BCUT2D eigenvalue weighted by molar-refractivity contribution is 0.0947. The van der Waals surface area contributed by atoms with Gasteiger partial charge in [0.05, 0.1) is 24.0 Å². The summed E-state index contributed by atoms with van der Waals surface area (Å²) < 4.78 is 2.11. The fourth-order valence-electron chi connectivity index (χ4n) is 3.78. The fourth-order valence-corrected chi connectivity index (χ4v) is 3.78. The number of aromatic amines is 1. The highest BCUT2D eigenvalue weighted by Gasteiger charge is 2.24. The molecule has 2 aliphatic rings. The summed E-state index contributed by atoms with van der Waals surface area (Å²) >= 11 is 0. The van der Waals surface area contributed by atoms with Gasteiger partial charge in [-0.25, -0.2) is 0 Å². The lowest BCUT2D eigenvalue weighted by Crippen LogP contribution is -2.26. The van der Waals surface area contributed by atoms with E-state index in [9.17, 15) is 4.79 Å². The molecular weight excluding hydrogens is 292 g/mol. The third kappa shape index (κ3) is 2.75. The first-order valence-corrected chi connectivity index (χ1v) is 8.55. The zero-order valence-electron chi connectivity index (χ0n) is 13.2. The quantitative estimate of drug-likeness (QED) is 0.902. The molecule has 4 rings (SSSR count). The van der Waals surface area contributed by atoms with Crippen molar-refractivity contribution >= 4 is 5.91 Å². The zero-order chi connectivity index (χ0) is 15.6. The molecule has 2 aromatic rings. The van der Waals surface area contributed by atoms with E-state index in [-0.39, 0.29) is 5.91 Å². The molecule has 0 aromatic carbocycles. The first-order chi connectivity index (χ1) is 11.3. The van der Waals surface area contributed by atoms with Gasteiger partial charge in [0.1, 0.15) is 5.82 Å². The van der Waals surface area contributed by atoms with Gasteiger partial charge in [0, 0.05) is 18.9 Å². The number of amides is 1. The first-order valence-electron chi connectivity index (χ1n) is 8.55. The van der Waals surface area contributed by atoms with Crippen molar-refractivity contribution < 1.29 is 4.79 Å². The third-order valence-corrected chi connectivity index (χ3v) is 5.02. The molecule has 0 saturated heterocycles. The van der Waals surface area contributed by atoms with Crippen molar-refractivity contribution in [2.24, 2.45) is 0 Å². The van der Waals surface area contributed by atoms with Crippen molar-refractivity contribution in [2.75, 3.05) is 0 Å². The van der Waals surface area contributed by atoms with Gasteiger partial charge in [-0.3, -0.25) is 9.89 Å². The Morgan fingerprint density at radius 1 is 1.26 bits per heavy atom. The van der Waals surface area contributed by atoms with Gasteiger partial charge < -0.3 is 9.88 Å². The molecule has 0 bridgehead atoms. The average Bonchev–Trinajstić information content (AvgIpc) is 3.30. The molecule has 2 N–H and O–H groups in total. The Labute approximate surface area is 134 Å². The Bertz CT molecular complexity index is 697. The van der Waals surface area contributed by atoms with E-state index < -0.39 is 0 Å². The van der Waals surface area contributed by atoms with Crippen molar-refractivity contribution in [3.05, 3.63) is 29.1 Å². The molecule has 23 heavy (non-hydrogen) atoms. The maximum Gasteiger partial charge on any atom is 0.255 e. The van der Waals surface area contributed by atoms with Gasteiger partial charge in [-0.05, 0) is 19.3 Å². The normalized spacial score (nSPS) is 18.1. The topological polar surface area (TPSA) is 88.5 Å². The Morgan fingerprint density at radius 2 is 2.13 bits per heavy atom. The van der Waals surface area contributed by atoms with Crippen molar-refractivity contribution in [2.45, 2.75) is 64.0 Å². The van der Waals surface area contributed by atoms with E-state index in [1.165, 1.54) is 19.3 Å². The summed E-state index contributed by atoms with van der Waals surface area (Å²) in [5, 5.41) is 18.5. The van der Waals surface area contributed by atoms with Gasteiger partial charge in [0.2, 0.25) is 0 Å². The molecule has 7 nitrogen and oxygen atoms in total. The lowest BCUT2D eigenvalue weighted by Gasteiger charge is -2.21. The molecule has 0 spiro atoms. The van der Waals surface area contributed by atoms with Crippen LogP contribution in [0.1, 0.15) is 72.1 Å². The second kappa shape index (κ2) is 6.14. The molecule has 1 saturated carbocycles. The lowest BCUT2D eigenvalue weighted by atomic mass is 9.85.